The Hall–Kier alpha value is -0.0800. The Balaban J connectivity index is 1.75. The summed E-state index contributed by atoms with van der Waals surface area (Å²) in [4.78, 5) is 2.51. The highest BCUT2D eigenvalue weighted by atomic mass is 16.6. The van der Waals surface area contributed by atoms with Crippen LogP contribution in [0.1, 0.15) is 39.5 Å². The predicted molar refractivity (Wildman–Crippen MR) is 58.4 cm³/mol. The molecule has 2 aliphatic rings. The Morgan fingerprint density at radius 1 is 1.29 bits per heavy atom. The van der Waals surface area contributed by atoms with Gasteiger partial charge in [0.1, 0.15) is 0 Å². The summed E-state index contributed by atoms with van der Waals surface area (Å²) in [6.45, 7) is 6.92. The van der Waals surface area contributed by atoms with Crippen LogP contribution in [0, 0.1) is 5.41 Å². The summed E-state index contributed by atoms with van der Waals surface area (Å²) >= 11 is 0. The third kappa shape index (κ3) is 2.71. The topological polar surface area (TPSA) is 15.8 Å². The van der Waals surface area contributed by atoms with E-state index >= 15 is 0 Å². The van der Waals surface area contributed by atoms with Crippen molar-refractivity contribution in [1.29, 1.82) is 0 Å². The predicted octanol–water partition coefficient (Wildman–Crippen LogP) is 2.29. The second-order valence-electron chi connectivity index (χ2n) is 5.79. The minimum absolute atomic E-state index is 0.551. The van der Waals surface area contributed by atoms with Crippen LogP contribution in [-0.2, 0) is 4.74 Å². The number of epoxide rings is 1. The minimum Gasteiger partial charge on any atom is -0.372 e. The first-order chi connectivity index (χ1) is 6.57. The van der Waals surface area contributed by atoms with Crippen LogP contribution in [0.5, 0.6) is 0 Å². The molecule has 0 bridgehead atoms. The van der Waals surface area contributed by atoms with E-state index in [9.17, 15) is 0 Å². The van der Waals surface area contributed by atoms with Gasteiger partial charge in [-0.05, 0) is 38.1 Å². The van der Waals surface area contributed by atoms with Crippen LogP contribution in [0.3, 0.4) is 0 Å². The lowest BCUT2D eigenvalue weighted by molar-refractivity contribution is 0.121. The molecular formula is C12H23NO. The molecular weight excluding hydrogens is 174 g/mol. The molecule has 1 saturated heterocycles. The lowest BCUT2D eigenvalue weighted by Gasteiger charge is -2.38. The zero-order chi connectivity index (χ0) is 10.2. The van der Waals surface area contributed by atoms with E-state index in [1.54, 1.807) is 0 Å². The third-order valence-electron chi connectivity index (χ3n) is 3.83. The van der Waals surface area contributed by atoms with Gasteiger partial charge in [-0.2, -0.15) is 0 Å². The first kappa shape index (κ1) is 10.4. The van der Waals surface area contributed by atoms with Crippen molar-refractivity contribution in [1.82, 2.24) is 4.90 Å². The monoisotopic (exact) mass is 197 g/mol. The Morgan fingerprint density at radius 2 is 1.86 bits per heavy atom. The van der Waals surface area contributed by atoms with E-state index in [-0.39, 0.29) is 0 Å². The van der Waals surface area contributed by atoms with Crippen LogP contribution in [0.25, 0.3) is 0 Å². The van der Waals surface area contributed by atoms with Crippen LogP contribution in [-0.4, -0.2) is 37.2 Å². The first-order valence-electron chi connectivity index (χ1n) is 5.89. The van der Waals surface area contributed by atoms with Gasteiger partial charge in [-0.3, -0.25) is 0 Å². The minimum atomic E-state index is 0.551. The van der Waals surface area contributed by atoms with Gasteiger partial charge in [0.2, 0.25) is 0 Å². The summed E-state index contributed by atoms with van der Waals surface area (Å²) in [5.74, 6) is 0. The average Bonchev–Trinajstić information content (AvgIpc) is 2.88. The second-order valence-corrected chi connectivity index (χ2v) is 5.79. The molecule has 0 spiro atoms. The summed E-state index contributed by atoms with van der Waals surface area (Å²) in [5, 5.41) is 0. The molecule has 0 aromatic heterocycles. The smallest absolute Gasteiger partial charge is 0.0936 e. The van der Waals surface area contributed by atoms with E-state index < -0.39 is 0 Å². The second kappa shape index (κ2) is 3.82. The molecule has 1 aliphatic carbocycles. The highest BCUT2D eigenvalue weighted by molar-refractivity contribution is 4.85. The van der Waals surface area contributed by atoms with Gasteiger partial charge in [-0.25, -0.2) is 0 Å². The molecule has 1 atom stereocenters. The van der Waals surface area contributed by atoms with E-state index in [0.29, 0.717) is 11.5 Å². The van der Waals surface area contributed by atoms with Gasteiger partial charge < -0.3 is 9.64 Å². The quantitative estimate of drug-likeness (QED) is 0.645. The Morgan fingerprint density at radius 3 is 2.36 bits per heavy atom. The van der Waals surface area contributed by atoms with Gasteiger partial charge in [0.25, 0.3) is 0 Å². The maximum Gasteiger partial charge on any atom is 0.0936 e. The molecule has 2 rings (SSSR count). The van der Waals surface area contributed by atoms with Crippen molar-refractivity contribution in [3.63, 3.8) is 0 Å². The maximum atomic E-state index is 5.27. The van der Waals surface area contributed by atoms with E-state index in [4.69, 9.17) is 4.74 Å². The van der Waals surface area contributed by atoms with E-state index in [1.807, 2.05) is 0 Å². The zero-order valence-electron chi connectivity index (χ0n) is 9.75. The molecule has 1 aliphatic heterocycles. The molecule has 82 valence electrons. The zero-order valence-corrected chi connectivity index (χ0v) is 9.75. The molecule has 0 aromatic carbocycles. The van der Waals surface area contributed by atoms with Crippen LogP contribution >= 0.6 is 0 Å². The van der Waals surface area contributed by atoms with Crippen molar-refractivity contribution in [3.05, 3.63) is 0 Å². The summed E-state index contributed by atoms with van der Waals surface area (Å²) in [6.07, 6.45) is 6.06. The SMILES string of the molecule is CN(C[C@@H]1CO1)C1CCC(C)(C)CC1. The van der Waals surface area contributed by atoms with Crippen molar-refractivity contribution < 1.29 is 4.74 Å². The summed E-state index contributed by atoms with van der Waals surface area (Å²) < 4.78 is 5.27. The number of ether oxygens (including phenoxy) is 1. The third-order valence-corrected chi connectivity index (χ3v) is 3.83. The largest absolute Gasteiger partial charge is 0.372 e. The summed E-state index contributed by atoms with van der Waals surface area (Å²) in [6, 6.07) is 0.812. The lowest BCUT2D eigenvalue weighted by Crippen LogP contribution is -2.39. The molecule has 2 fully saturated rings. The van der Waals surface area contributed by atoms with Crippen LogP contribution in [0.4, 0.5) is 0 Å². The van der Waals surface area contributed by atoms with Gasteiger partial charge >= 0.3 is 0 Å². The highest BCUT2D eigenvalue weighted by Gasteiger charge is 2.31. The van der Waals surface area contributed by atoms with E-state index in [0.717, 1.165) is 19.2 Å². The van der Waals surface area contributed by atoms with Gasteiger partial charge in [-0.1, -0.05) is 13.8 Å². The van der Waals surface area contributed by atoms with Crippen molar-refractivity contribution in [2.75, 3.05) is 20.2 Å². The normalized spacial score (nSPS) is 32.1. The Kier molecular flexibility index (Phi) is 2.85. The van der Waals surface area contributed by atoms with Crippen molar-refractivity contribution in [2.45, 2.75) is 51.7 Å². The molecule has 2 nitrogen and oxygen atoms in total. The maximum absolute atomic E-state index is 5.27. The summed E-state index contributed by atoms with van der Waals surface area (Å²) in [5.41, 5.74) is 0.591. The highest BCUT2D eigenvalue weighted by Crippen LogP contribution is 2.36. The van der Waals surface area contributed by atoms with Crippen LogP contribution < -0.4 is 0 Å². The summed E-state index contributed by atoms with van der Waals surface area (Å²) in [7, 11) is 2.25. The number of nitrogens with zero attached hydrogens (tertiary/aromatic N) is 1. The standard InChI is InChI=1S/C12H23NO/c1-12(2)6-4-10(5-7-12)13(3)8-11-9-14-11/h10-11H,4-9H2,1-3H3/t11-/m1/s1. The van der Waals surface area contributed by atoms with Crippen LogP contribution in [0.15, 0.2) is 0 Å². The molecule has 0 radical (unpaired) electrons. The van der Waals surface area contributed by atoms with Gasteiger partial charge in [-0.15, -0.1) is 0 Å². The molecule has 0 N–H and O–H groups in total. The van der Waals surface area contributed by atoms with Gasteiger partial charge in [0.05, 0.1) is 12.7 Å². The fourth-order valence-corrected chi connectivity index (χ4v) is 2.47. The number of hydrogen-bond donors (Lipinski definition) is 0. The fraction of sp³-hybridized carbons (Fsp3) is 1.00. The van der Waals surface area contributed by atoms with E-state index in [1.165, 1.54) is 25.7 Å². The molecule has 0 unspecified atom stereocenters. The van der Waals surface area contributed by atoms with Gasteiger partial charge in [0.15, 0.2) is 0 Å². The number of hydrogen-bond acceptors (Lipinski definition) is 2. The first-order valence-corrected chi connectivity index (χ1v) is 5.89. The van der Waals surface area contributed by atoms with Crippen molar-refractivity contribution >= 4 is 0 Å². The van der Waals surface area contributed by atoms with E-state index in [2.05, 4.69) is 25.8 Å². The van der Waals surface area contributed by atoms with Crippen molar-refractivity contribution in [3.8, 4) is 0 Å². The lowest BCUT2D eigenvalue weighted by atomic mass is 9.75. The molecule has 1 heterocycles. The Bertz CT molecular complexity index is 188. The molecule has 0 aromatic rings. The fourth-order valence-electron chi connectivity index (χ4n) is 2.47. The number of likely N-dealkylation sites (N-methyl/N-ethyl adjacent to an activating group) is 1. The number of rotatable bonds is 3. The van der Waals surface area contributed by atoms with Crippen LogP contribution in [0.2, 0.25) is 0 Å². The molecule has 14 heavy (non-hydrogen) atoms. The molecule has 0 amide bonds. The average molecular weight is 197 g/mol. The van der Waals surface area contributed by atoms with Gasteiger partial charge in [0, 0.05) is 12.6 Å². The van der Waals surface area contributed by atoms with Crippen molar-refractivity contribution in [2.24, 2.45) is 5.41 Å². The molecule has 1 saturated carbocycles. The Labute approximate surface area is 87.6 Å². The molecule has 2 heteroatoms.